The normalized spacial score (nSPS) is 29.5. The molecule has 1 N–H and O–H groups in total. The van der Waals surface area contributed by atoms with Gasteiger partial charge >= 0.3 is 0 Å². The monoisotopic (exact) mass is 241 g/mol. The highest BCUT2D eigenvalue weighted by molar-refractivity contribution is 4.87. The smallest absolute Gasteiger partial charge is 0.0534 e. The summed E-state index contributed by atoms with van der Waals surface area (Å²) in [5.74, 6) is 0.988. The van der Waals surface area contributed by atoms with Crippen molar-refractivity contribution in [2.75, 3.05) is 26.8 Å². The molecule has 1 saturated carbocycles. The first-order valence-corrected chi connectivity index (χ1v) is 7.48. The van der Waals surface area contributed by atoms with E-state index >= 15 is 0 Å². The second kappa shape index (κ2) is 8.10. The minimum atomic E-state index is 0.424. The Hall–Kier alpha value is -0.0800. The third-order valence-corrected chi connectivity index (χ3v) is 4.30. The minimum absolute atomic E-state index is 0.424. The molecule has 0 amide bonds. The number of hydrogen-bond donors (Lipinski definition) is 1. The van der Waals surface area contributed by atoms with Crippen LogP contribution in [0.4, 0.5) is 0 Å². The standard InChI is InChI=1S/C15H31NO/c1-4-6-7-14-8-10-15(11-9-14,12-16-3)13-17-5-2/h14,16H,4-13H2,1-3H3. The topological polar surface area (TPSA) is 21.3 Å². The Bertz CT molecular complexity index is 185. The molecule has 1 rings (SSSR count). The first-order valence-electron chi connectivity index (χ1n) is 7.48. The molecule has 17 heavy (non-hydrogen) atoms. The van der Waals surface area contributed by atoms with E-state index in [1.54, 1.807) is 0 Å². The second-order valence-electron chi connectivity index (χ2n) is 5.75. The lowest BCUT2D eigenvalue weighted by Gasteiger charge is -2.40. The van der Waals surface area contributed by atoms with Crippen LogP contribution in [-0.2, 0) is 4.74 Å². The molecule has 1 fully saturated rings. The molecule has 0 aromatic rings. The fourth-order valence-electron chi connectivity index (χ4n) is 3.14. The fraction of sp³-hybridized carbons (Fsp3) is 1.00. The number of hydrogen-bond acceptors (Lipinski definition) is 2. The summed E-state index contributed by atoms with van der Waals surface area (Å²) in [6.07, 6.45) is 9.72. The van der Waals surface area contributed by atoms with E-state index in [0.717, 1.165) is 25.7 Å². The molecule has 0 bridgehead atoms. The first-order chi connectivity index (χ1) is 8.26. The maximum Gasteiger partial charge on any atom is 0.0534 e. The second-order valence-corrected chi connectivity index (χ2v) is 5.75. The van der Waals surface area contributed by atoms with Crippen LogP contribution < -0.4 is 5.32 Å². The van der Waals surface area contributed by atoms with Gasteiger partial charge in [0.2, 0.25) is 0 Å². The van der Waals surface area contributed by atoms with Gasteiger partial charge in [0, 0.05) is 18.6 Å². The fourth-order valence-corrected chi connectivity index (χ4v) is 3.14. The van der Waals surface area contributed by atoms with E-state index in [2.05, 4.69) is 26.2 Å². The van der Waals surface area contributed by atoms with Gasteiger partial charge < -0.3 is 10.1 Å². The van der Waals surface area contributed by atoms with Crippen LogP contribution in [0.2, 0.25) is 0 Å². The van der Waals surface area contributed by atoms with Gasteiger partial charge in [0.15, 0.2) is 0 Å². The highest BCUT2D eigenvalue weighted by Crippen LogP contribution is 2.40. The molecule has 0 aromatic carbocycles. The maximum absolute atomic E-state index is 5.71. The molecule has 1 aliphatic carbocycles. The molecule has 2 nitrogen and oxygen atoms in total. The van der Waals surface area contributed by atoms with Crippen molar-refractivity contribution >= 4 is 0 Å². The van der Waals surface area contributed by atoms with Gasteiger partial charge in [-0.2, -0.15) is 0 Å². The van der Waals surface area contributed by atoms with Gasteiger partial charge in [0.1, 0.15) is 0 Å². The maximum atomic E-state index is 5.71. The first kappa shape index (κ1) is 15.0. The van der Waals surface area contributed by atoms with Gasteiger partial charge in [-0.1, -0.05) is 26.2 Å². The number of rotatable bonds is 8. The van der Waals surface area contributed by atoms with Gasteiger partial charge in [-0.25, -0.2) is 0 Å². The molecule has 0 aliphatic heterocycles. The van der Waals surface area contributed by atoms with E-state index in [4.69, 9.17) is 4.74 Å². The van der Waals surface area contributed by atoms with E-state index in [-0.39, 0.29) is 0 Å². The van der Waals surface area contributed by atoms with Crippen molar-refractivity contribution in [2.45, 2.75) is 58.8 Å². The summed E-state index contributed by atoms with van der Waals surface area (Å²) in [4.78, 5) is 0. The molecule has 1 aliphatic rings. The molecule has 0 heterocycles. The van der Waals surface area contributed by atoms with Crippen molar-refractivity contribution in [3.05, 3.63) is 0 Å². The summed E-state index contributed by atoms with van der Waals surface area (Å²) in [6.45, 7) is 7.31. The minimum Gasteiger partial charge on any atom is -0.381 e. The number of nitrogens with one attached hydrogen (secondary N) is 1. The molecule has 0 atom stereocenters. The SMILES string of the molecule is CCCCC1CCC(CNC)(COCC)CC1. The Kier molecular flexibility index (Phi) is 7.14. The summed E-state index contributed by atoms with van der Waals surface area (Å²) in [6, 6.07) is 0. The molecule has 0 unspecified atom stereocenters. The molecule has 2 heteroatoms. The molecule has 0 radical (unpaired) electrons. The van der Waals surface area contributed by atoms with Gasteiger partial charge in [-0.15, -0.1) is 0 Å². The average molecular weight is 241 g/mol. The van der Waals surface area contributed by atoms with Crippen LogP contribution in [0.15, 0.2) is 0 Å². The summed E-state index contributed by atoms with van der Waals surface area (Å²) >= 11 is 0. The van der Waals surface area contributed by atoms with Crippen molar-refractivity contribution in [1.82, 2.24) is 5.32 Å². The van der Waals surface area contributed by atoms with Crippen LogP contribution >= 0.6 is 0 Å². The molecular weight excluding hydrogens is 210 g/mol. The van der Waals surface area contributed by atoms with E-state index < -0.39 is 0 Å². The van der Waals surface area contributed by atoms with E-state index in [1.165, 1.54) is 44.9 Å². The molecule has 102 valence electrons. The van der Waals surface area contributed by atoms with Gasteiger partial charge in [-0.05, 0) is 45.6 Å². The molecule has 0 aromatic heterocycles. The summed E-state index contributed by atoms with van der Waals surface area (Å²) in [5, 5.41) is 3.37. The van der Waals surface area contributed by atoms with Crippen LogP contribution in [0.3, 0.4) is 0 Å². The quantitative estimate of drug-likeness (QED) is 0.701. The third-order valence-electron chi connectivity index (χ3n) is 4.30. The third kappa shape index (κ3) is 4.97. The van der Waals surface area contributed by atoms with Gasteiger partial charge in [0.05, 0.1) is 6.61 Å². The molecular formula is C15H31NO. The van der Waals surface area contributed by atoms with E-state index in [1.807, 2.05) is 0 Å². The highest BCUT2D eigenvalue weighted by atomic mass is 16.5. The van der Waals surface area contributed by atoms with E-state index in [0.29, 0.717) is 5.41 Å². The Balaban J connectivity index is 2.37. The van der Waals surface area contributed by atoms with Crippen LogP contribution in [0.25, 0.3) is 0 Å². The van der Waals surface area contributed by atoms with Gasteiger partial charge in [0.25, 0.3) is 0 Å². The molecule has 0 spiro atoms. The highest BCUT2D eigenvalue weighted by Gasteiger charge is 2.34. The summed E-state index contributed by atoms with van der Waals surface area (Å²) in [5.41, 5.74) is 0.424. The van der Waals surface area contributed by atoms with Crippen molar-refractivity contribution < 1.29 is 4.74 Å². The zero-order chi connectivity index (χ0) is 12.6. The van der Waals surface area contributed by atoms with Crippen LogP contribution in [0.1, 0.15) is 58.8 Å². The Morgan fingerprint density at radius 1 is 1.24 bits per heavy atom. The van der Waals surface area contributed by atoms with Gasteiger partial charge in [-0.3, -0.25) is 0 Å². The summed E-state index contributed by atoms with van der Waals surface area (Å²) < 4.78 is 5.71. The number of unbranched alkanes of at least 4 members (excludes halogenated alkanes) is 1. The zero-order valence-electron chi connectivity index (χ0n) is 12.1. The van der Waals surface area contributed by atoms with Crippen molar-refractivity contribution in [2.24, 2.45) is 11.3 Å². The lowest BCUT2D eigenvalue weighted by atomic mass is 9.70. The lowest BCUT2D eigenvalue weighted by molar-refractivity contribution is 0.0157. The Morgan fingerprint density at radius 2 is 1.94 bits per heavy atom. The Labute approximate surface area is 108 Å². The Morgan fingerprint density at radius 3 is 2.47 bits per heavy atom. The predicted octanol–water partition coefficient (Wildman–Crippen LogP) is 3.61. The van der Waals surface area contributed by atoms with Crippen LogP contribution in [0.5, 0.6) is 0 Å². The van der Waals surface area contributed by atoms with Crippen LogP contribution in [0, 0.1) is 11.3 Å². The zero-order valence-corrected chi connectivity index (χ0v) is 12.1. The van der Waals surface area contributed by atoms with Crippen molar-refractivity contribution in [3.8, 4) is 0 Å². The van der Waals surface area contributed by atoms with Crippen molar-refractivity contribution in [3.63, 3.8) is 0 Å². The largest absolute Gasteiger partial charge is 0.381 e. The predicted molar refractivity (Wildman–Crippen MR) is 74.3 cm³/mol. The van der Waals surface area contributed by atoms with Crippen molar-refractivity contribution in [1.29, 1.82) is 0 Å². The van der Waals surface area contributed by atoms with E-state index in [9.17, 15) is 0 Å². The lowest BCUT2D eigenvalue weighted by Crippen LogP contribution is -2.40. The molecule has 0 saturated heterocycles. The van der Waals surface area contributed by atoms with Crippen LogP contribution in [-0.4, -0.2) is 26.8 Å². The number of ether oxygens (including phenoxy) is 1. The summed E-state index contributed by atoms with van der Waals surface area (Å²) in [7, 11) is 2.07. The average Bonchev–Trinajstić information content (AvgIpc) is 2.36.